The van der Waals surface area contributed by atoms with Crippen molar-refractivity contribution in [2.75, 3.05) is 0 Å². The number of hydrogen-bond donors (Lipinski definition) is 0. The first-order chi connectivity index (χ1) is 55.1. The van der Waals surface area contributed by atoms with Gasteiger partial charge >= 0.3 is 0 Å². The maximum atomic E-state index is 6.37. The average molecular weight is 1430 g/mol. The lowest BCUT2D eigenvalue weighted by Gasteiger charge is -2.09. The summed E-state index contributed by atoms with van der Waals surface area (Å²) in [5.41, 5.74) is 19.0. The van der Waals surface area contributed by atoms with Gasteiger partial charge in [-0.2, -0.15) is 0 Å². The van der Waals surface area contributed by atoms with Crippen LogP contribution in [-0.4, -0.2) is 57.3 Å². The number of fused-ring (bicyclic) bond motifs is 20. The van der Waals surface area contributed by atoms with E-state index in [1.54, 1.807) is 37.2 Å². The minimum Gasteiger partial charge on any atom is -0.418 e. The third kappa shape index (κ3) is 10.1. The topological polar surface area (TPSA) is 146 Å². The Morgan fingerprint density at radius 3 is 0.901 bits per heavy atom. The van der Waals surface area contributed by atoms with E-state index >= 15 is 0 Å². The summed E-state index contributed by atoms with van der Waals surface area (Å²) in [6.45, 7) is 0. The first-order valence-electron chi connectivity index (χ1n) is 36.8. The summed E-state index contributed by atoms with van der Waals surface area (Å²) in [6.07, 6.45) is 10.6. The molecule has 0 bridgehead atoms. The SMILES string of the molecule is c1ccc(-n2c3ccccc3c3c2ccc2c4ccccc4n(-c4cnc(-c5ccccn5)o4)c23)cc1.c1ccc(-n2c3ccccc3c3cc4c(cc32)c2ccccc2n4-c2cnc(-c3ccccn3)o2)cc1.c1ccc(-n2c3ccccc3c3ccc4c(c5ccccc5n4-c4cnc(-c5ccccn5)o4)c32)cc1. The first kappa shape index (κ1) is 62.9. The number of hydrogen-bond acceptors (Lipinski definition) is 9. The van der Waals surface area contributed by atoms with Gasteiger partial charge in [-0.25, -0.2) is 15.0 Å². The Morgan fingerprint density at radius 2 is 0.477 bits per heavy atom. The fraction of sp³-hybridized carbons (Fsp3) is 0. The van der Waals surface area contributed by atoms with Gasteiger partial charge in [0, 0.05) is 100 Å². The van der Waals surface area contributed by atoms with E-state index in [-0.39, 0.29) is 0 Å². The van der Waals surface area contributed by atoms with Crippen molar-refractivity contribution < 1.29 is 13.3 Å². The molecule has 0 N–H and O–H groups in total. The van der Waals surface area contributed by atoms with Crippen molar-refractivity contribution in [3.05, 3.63) is 365 Å². The highest BCUT2D eigenvalue weighted by Gasteiger charge is 2.27. The van der Waals surface area contributed by atoms with Gasteiger partial charge in [-0.15, -0.1) is 0 Å². The number of benzene rings is 12. The second-order valence-corrected chi connectivity index (χ2v) is 27.4. The highest BCUT2D eigenvalue weighted by atomic mass is 16.4. The molecule has 0 saturated carbocycles. The van der Waals surface area contributed by atoms with Gasteiger partial charge < -0.3 is 27.0 Å². The van der Waals surface area contributed by atoms with E-state index in [4.69, 9.17) is 13.3 Å². The molecule has 0 aliphatic carbocycles. The zero-order chi connectivity index (χ0) is 73.0. The fourth-order valence-electron chi connectivity index (χ4n) is 16.6. The van der Waals surface area contributed by atoms with Crippen LogP contribution in [0.3, 0.4) is 0 Å². The largest absolute Gasteiger partial charge is 0.418 e. The summed E-state index contributed by atoms with van der Waals surface area (Å²) in [6, 6.07) is 114. The normalized spacial score (nSPS) is 11.8. The van der Waals surface area contributed by atoms with Crippen LogP contribution >= 0.6 is 0 Å². The van der Waals surface area contributed by atoms with E-state index < -0.39 is 0 Å². The Kier molecular flexibility index (Phi) is 14.5. The molecular weight excluding hydrogens is 1370 g/mol. The minimum absolute atomic E-state index is 0.500. The van der Waals surface area contributed by atoms with Crippen LogP contribution in [0.15, 0.2) is 378 Å². The zero-order valence-corrected chi connectivity index (χ0v) is 59.2. The van der Waals surface area contributed by atoms with Gasteiger partial charge in [0.25, 0.3) is 0 Å². The molecule has 0 aliphatic heterocycles. The van der Waals surface area contributed by atoms with Crippen LogP contribution in [0.25, 0.3) is 200 Å². The molecule has 111 heavy (non-hydrogen) atoms. The van der Waals surface area contributed by atoms with Crippen LogP contribution in [0.2, 0.25) is 0 Å². The summed E-state index contributed by atoms with van der Waals surface area (Å²) >= 11 is 0. The number of pyridine rings is 3. The molecule has 12 heterocycles. The molecule has 15 heteroatoms. The molecule has 0 unspecified atom stereocenters. The third-order valence-electron chi connectivity index (χ3n) is 21.2. The van der Waals surface area contributed by atoms with Gasteiger partial charge in [0.05, 0.1) is 84.8 Å². The monoisotopic (exact) mass is 1430 g/mol. The summed E-state index contributed by atoms with van der Waals surface area (Å²) in [5, 5.41) is 14.3. The quantitative estimate of drug-likeness (QED) is 0.138. The molecule has 0 atom stereocenters. The van der Waals surface area contributed by atoms with Crippen molar-refractivity contribution in [3.63, 3.8) is 0 Å². The van der Waals surface area contributed by atoms with E-state index in [1.165, 1.54) is 92.2 Å². The van der Waals surface area contributed by atoms with E-state index in [0.29, 0.717) is 52.4 Å². The summed E-state index contributed by atoms with van der Waals surface area (Å²) < 4.78 is 32.6. The fourth-order valence-corrected chi connectivity index (χ4v) is 16.6. The Labute approximate surface area is 631 Å². The van der Waals surface area contributed by atoms with Crippen LogP contribution in [0, 0.1) is 0 Å². The lowest BCUT2D eigenvalue weighted by Crippen LogP contribution is -1.94. The van der Waals surface area contributed by atoms with Gasteiger partial charge in [-0.05, 0) is 133 Å². The van der Waals surface area contributed by atoms with Gasteiger partial charge in [0.15, 0.2) is 0 Å². The van der Waals surface area contributed by atoms with Crippen molar-refractivity contribution in [2.45, 2.75) is 0 Å². The Bertz CT molecular complexity index is 7700. The molecule has 0 radical (unpaired) electrons. The lowest BCUT2D eigenvalue weighted by atomic mass is 10.1. The zero-order valence-electron chi connectivity index (χ0n) is 59.2. The number of oxazole rings is 3. The standard InChI is InChI=1S/3C32H20N4O/c1-2-10-21(11-3-1)35-27-16-7-5-13-24(27)30-28(35)18-17-23-22-12-4-6-15-26(22)36(31(23)30)29-20-34-32(37-29)25-14-8-9-19-33-25;1-2-10-21(11-3-1)35-26-15-6-4-12-22(26)23-17-18-28-30(31(23)35)24-13-5-7-16-27(24)36(28)29-20-34-32(37-29)25-14-8-9-19-33-25;1-2-10-21(11-3-1)35-27-15-6-4-12-22(27)24-19-30-25(18-29(24)35)23-13-5-7-16-28(23)36(30)31-20-34-32(37-31)26-14-8-9-17-33-26/h3*1-20H. The number of aromatic nitrogens is 12. The molecule has 12 aromatic carbocycles. The summed E-state index contributed by atoms with van der Waals surface area (Å²) in [7, 11) is 0. The van der Waals surface area contributed by atoms with Crippen molar-refractivity contribution in [3.8, 4) is 69.5 Å². The summed E-state index contributed by atoms with van der Waals surface area (Å²) in [4.78, 5) is 27.0. The van der Waals surface area contributed by atoms with Gasteiger partial charge in [-0.1, -0.05) is 194 Å². The second-order valence-electron chi connectivity index (χ2n) is 27.4. The molecule has 0 spiro atoms. The molecule has 0 aliphatic rings. The van der Waals surface area contributed by atoms with Crippen molar-refractivity contribution in [1.82, 2.24) is 57.3 Å². The molecule has 0 amide bonds. The predicted octanol–water partition coefficient (Wildman–Crippen LogP) is 23.8. The maximum Gasteiger partial charge on any atom is 0.247 e. The van der Waals surface area contributed by atoms with Crippen LogP contribution in [0.1, 0.15) is 0 Å². The number of nitrogens with zero attached hydrogens (tertiary/aromatic N) is 12. The minimum atomic E-state index is 0.500. The predicted molar refractivity (Wildman–Crippen MR) is 445 cm³/mol. The van der Waals surface area contributed by atoms with Crippen LogP contribution in [0.4, 0.5) is 0 Å². The lowest BCUT2D eigenvalue weighted by molar-refractivity contribution is 0.551. The first-order valence-corrected chi connectivity index (χ1v) is 36.8. The third-order valence-corrected chi connectivity index (χ3v) is 21.2. The summed E-state index contributed by atoms with van der Waals surface area (Å²) in [5.74, 6) is 3.49. The van der Waals surface area contributed by atoms with Gasteiger partial charge in [0.1, 0.15) is 17.1 Å². The molecule has 12 aromatic heterocycles. The molecule has 0 fully saturated rings. The van der Waals surface area contributed by atoms with Gasteiger partial charge in [0.2, 0.25) is 35.3 Å². The Morgan fingerprint density at radius 1 is 0.189 bits per heavy atom. The second kappa shape index (κ2) is 25.7. The Balaban J connectivity index is 0.000000102. The average Bonchev–Trinajstić information content (AvgIpc) is 1.60. The van der Waals surface area contributed by atoms with Crippen molar-refractivity contribution in [1.29, 1.82) is 0 Å². The molecular formula is C96H60N12O3. The van der Waals surface area contributed by atoms with E-state index in [0.717, 1.165) is 55.7 Å². The van der Waals surface area contributed by atoms with E-state index in [2.05, 4.69) is 330 Å². The van der Waals surface area contributed by atoms with Gasteiger partial charge in [-0.3, -0.25) is 28.7 Å². The molecule has 0 saturated heterocycles. The highest BCUT2D eigenvalue weighted by molar-refractivity contribution is 6.28. The van der Waals surface area contributed by atoms with E-state index in [1.807, 2.05) is 54.6 Å². The van der Waals surface area contributed by atoms with Crippen LogP contribution < -0.4 is 0 Å². The molecule has 24 aromatic rings. The van der Waals surface area contributed by atoms with Crippen LogP contribution in [0.5, 0.6) is 0 Å². The number of para-hydroxylation sites is 9. The molecule has 522 valence electrons. The van der Waals surface area contributed by atoms with Crippen molar-refractivity contribution in [2.24, 2.45) is 0 Å². The Hall–Kier alpha value is -15.5. The molecule has 24 rings (SSSR count). The van der Waals surface area contributed by atoms with Crippen LogP contribution in [-0.2, 0) is 0 Å². The highest BCUT2D eigenvalue weighted by Crippen LogP contribution is 2.46. The molecule has 15 nitrogen and oxygen atoms in total. The maximum absolute atomic E-state index is 6.37. The smallest absolute Gasteiger partial charge is 0.247 e. The van der Waals surface area contributed by atoms with Crippen molar-refractivity contribution >= 4 is 131 Å². The van der Waals surface area contributed by atoms with E-state index in [9.17, 15) is 0 Å². The number of rotatable bonds is 9.